The summed E-state index contributed by atoms with van der Waals surface area (Å²) < 4.78 is 5.40. The Morgan fingerprint density at radius 1 is 0.971 bits per heavy atom. The van der Waals surface area contributed by atoms with Crippen molar-refractivity contribution in [2.24, 2.45) is 5.92 Å². The zero-order valence-electron chi connectivity index (χ0n) is 23.0. The van der Waals surface area contributed by atoms with Crippen LogP contribution in [0.1, 0.15) is 91.5 Å². The molecule has 0 aliphatic heterocycles. The number of ether oxygens (including phenoxy) is 1. The van der Waals surface area contributed by atoms with E-state index in [1.807, 2.05) is 73.6 Å². The standard InChI is InChI=1S/C27H45N3O4/c1-12-13-30(24(32)21(17(2)3)28-25(33)34-27(9,10)11)22(23(31)29-26(6,7)8)20-15-18(4)14-19(5)16-20/h14-17,21-22H,12-13H2,1-11H3,(H,28,33)(H,29,31). The van der Waals surface area contributed by atoms with Gasteiger partial charge in [0.1, 0.15) is 17.7 Å². The van der Waals surface area contributed by atoms with Gasteiger partial charge in [0.2, 0.25) is 11.8 Å². The van der Waals surface area contributed by atoms with E-state index in [1.165, 1.54) is 0 Å². The minimum Gasteiger partial charge on any atom is -0.444 e. The van der Waals surface area contributed by atoms with E-state index in [1.54, 1.807) is 25.7 Å². The maximum atomic E-state index is 13.9. The molecule has 1 aromatic carbocycles. The van der Waals surface area contributed by atoms with E-state index in [9.17, 15) is 14.4 Å². The van der Waals surface area contributed by atoms with Crippen LogP contribution < -0.4 is 10.6 Å². The van der Waals surface area contributed by atoms with Gasteiger partial charge in [-0.25, -0.2) is 4.79 Å². The van der Waals surface area contributed by atoms with Crippen LogP contribution in [0.3, 0.4) is 0 Å². The number of nitrogens with one attached hydrogen (secondary N) is 2. The van der Waals surface area contributed by atoms with E-state index in [2.05, 4.69) is 10.6 Å². The van der Waals surface area contributed by atoms with Crippen molar-refractivity contribution in [2.75, 3.05) is 6.54 Å². The lowest BCUT2D eigenvalue weighted by Crippen LogP contribution is -2.56. The summed E-state index contributed by atoms with van der Waals surface area (Å²) in [5.41, 5.74) is 1.62. The van der Waals surface area contributed by atoms with Crippen LogP contribution in [0.25, 0.3) is 0 Å². The summed E-state index contributed by atoms with van der Waals surface area (Å²) in [6.45, 7) is 21.1. The molecular formula is C27H45N3O4. The van der Waals surface area contributed by atoms with Crippen molar-refractivity contribution in [3.63, 3.8) is 0 Å². The molecule has 0 bridgehead atoms. The molecule has 0 fully saturated rings. The lowest BCUT2D eigenvalue weighted by molar-refractivity contribution is -0.144. The molecule has 0 radical (unpaired) electrons. The Bertz CT molecular complexity index is 845. The first-order valence-corrected chi connectivity index (χ1v) is 12.2. The molecule has 2 atom stereocenters. The fourth-order valence-corrected chi connectivity index (χ4v) is 3.81. The van der Waals surface area contributed by atoms with Crippen LogP contribution >= 0.6 is 0 Å². The van der Waals surface area contributed by atoms with E-state index in [0.717, 1.165) is 16.7 Å². The lowest BCUT2D eigenvalue weighted by Gasteiger charge is -2.37. The molecule has 0 saturated heterocycles. The van der Waals surface area contributed by atoms with Crippen LogP contribution in [0.4, 0.5) is 4.79 Å². The zero-order chi connectivity index (χ0) is 26.4. The molecule has 0 aliphatic carbocycles. The minimum atomic E-state index is -0.836. The summed E-state index contributed by atoms with van der Waals surface area (Å²) in [6.07, 6.45) is 0.00527. The molecule has 7 nitrogen and oxygen atoms in total. The van der Waals surface area contributed by atoms with E-state index in [4.69, 9.17) is 4.74 Å². The van der Waals surface area contributed by atoms with Crippen molar-refractivity contribution in [3.8, 4) is 0 Å². The second-order valence-corrected chi connectivity index (χ2v) is 11.5. The highest BCUT2D eigenvalue weighted by Gasteiger charge is 2.38. The maximum absolute atomic E-state index is 13.9. The Morgan fingerprint density at radius 2 is 1.50 bits per heavy atom. The first-order chi connectivity index (χ1) is 15.4. The quantitative estimate of drug-likeness (QED) is 0.551. The molecule has 0 aromatic heterocycles. The summed E-state index contributed by atoms with van der Waals surface area (Å²) in [5, 5.41) is 5.79. The van der Waals surface area contributed by atoms with Crippen molar-refractivity contribution in [3.05, 3.63) is 34.9 Å². The Morgan fingerprint density at radius 3 is 1.91 bits per heavy atom. The maximum Gasteiger partial charge on any atom is 0.408 e. The van der Waals surface area contributed by atoms with Crippen LogP contribution in [0.2, 0.25) is 0 Å². The average molecular weight is 476 g/mol. The van der Waals surface area contributed by atoms with Gasteiger partial charge in [-0.15, -0.1) is 0 Å². The van der Waals surface area contributed by atoms with E-state index in [-0.39, 0.29) is 17.7 Å². The summed E-state index contributed by atoms with van der Waals surface area (Å²) >= 11 is 0. The fraction of sp³-hybridized carbons (Fsp3) is 0.667. The van der Waals surface area contributed by atoms with Gasteiger partial charge in [0.15, 0.2) is 0 Å². The predicted molar refractivity (Wildman–Crippen MR) is 137 cm³/mol. The van der Waals surface area contributed by atoms with Crippen LogP contribution in [0, 0.1) is 19.8 Å². The second kappa shape index (κ2) is 11.7. The van der Waals surface area contributed by atoms with Crippen molar-refractivity contribution in [1.29, 1.82) is 0 Å². The third kappa shape index (κ3) is 9.35. The summed E-state index contributed by atoms with van der Waals surface area (Å²) in [4.78, 5) is 41.6. The number of benzene rings is 1. The lowest BCUT2D eigenvalue weighted by atomic mass is 9.95. The first kappa shape index (κ1) is 29.5. The van der Waals surface area contributed by atoms with Gasteiger partial charge in [-0.1, -0.05) is 50.1 Å². The van der Waals surface area contributed by atoms with E-state index < -0.39 is 29.3 Å². The Labute approximate surface area is 206 Å². The van der Waals surface area contributed by atoms with Crippen LogP contribution in [0.15, 0.2) is 18.2 Å². The third-order valence-corrected chi connectivity index (χ3v) is 4.97. The van der Waals surface area contributed by atoms with Gasteiger partial charge in [-0.05, 0) is 73.3 Å². The van der Waals surface area contributed by atoms with Crippen molar-refractivity contribution >= 4 is 17.9 Å². The fourth-order valence-electron chi connectivity index (χ4n) is 3.81. The number of alkyl carbamates (subject to hydrolysis) is 1. The molecule has 7 heteroatoms. The number of hydrogen-bond acceptors (Lipinski definition) is 4. The molecule has 0 saturated carbocycles. The molecule has 1 rings (SSSR count). The Balaban J connectivity index is 3.50. The Kier molecular flexibility index (Phi) is 10.2. The zero-order valence-corrected chi connectivity index (χ0v) is 23.0. The molecule has 0 spiro atoms. The summed E-state index contributed by atoms with van der Waals surface area (Å²) in [6, 6.07) is 4.27. The monoisotopic (exact) mass is 475 g/mol. The molecule has 1 aromatic rings. The summed E-state index contributed by atoms with van der Waals surface area (Å²) in [7, 11) is 0. The predicted octanol–water partition coefficient (Wildman–Crippen LogP) is 5.05. The third-order valence-electron chi connectivity index (χ3n) is 4.97. The smallest absolute Gasteiger partial charge is 0.408 e. The van der Waals surface area contributed by atoms with Gasteiger partial charge in [0.05, 0.1) is 0 Å². The van der Waals surface area contributed by atoms with Crippen LogP contribution in [0.5, 0.6) is 0 Å². The summed E-state index contributed by atoms with van der Waals surface area (Å²) in [5.74, 6) is -0.764. The van der Waals surface area contributed by atoms with Gasteiger partial charge < -0.3 is 20.3 Å². The number of rotatable bonds is 8. The number of aryl methyl sites for hydroxylation is 2. The van der Waals surface area contributed by atoms with Gasteiger partial charge in [-0.2, -0.15) is 0 Å². The van der Waals surface area contributed by atoms with Crippen LogP contribution in [-0.2, 0) is 14.3 Å². The van der Waals surface area contributed by atoms with Crippen molar-refractivity contribution in [2.45, 2.75) is 106 Å². The molecule has 192 valence electrons. The van der Waals surface area contributed by atoms with Crippen molar-refractivity contribution in [1.82, 2.24) is 15.5 Å². The topological polar surface area (TPSA) is 87.7 Å². The minimum absolute atomic E-state index is 0.204. The molecular weight excluding hydrogens is 430 g/mol. The number of carbonyl (C=O) groups excluding carboxylic acids is 3. The van der Waals surface area contributed by atoms with E-state index >= 15 is 0 Å². The highest BCUT2D eigenvalue weighted by atomic mass is 16.6. The van der Waals surface area contributed by atoms with Gasteiger partial charge in [-0.3, -0.25) is 9.59 Å². The van der Waals surface area contributed by atoms with Crippen LogP contribution in [-0.4, -0.2) is 46.5 Å². The van der Waals surface area contributed by atoms with Gasteiger partial charge in [0.25, 0.3) is 0 Å². The number of hydrogen-bond donors (Lipinski definition) is 2. The van der Waals surface area contributed by atoms with E-state index in [0.29, 0.717) is 13.0 Å². The number of nitrogens with zero attached hydrogens (tertiary/aromatic N) is 1. The largest absolute Gasteiger partial charge is 0.444 e. The SMILES string of the molecule is CCCN(C(=O)C(NC(=O)OC(C)(C)C)C(C)C)C(C(=O)NC(C)(C)C)c1cc(C)cc(C)c1. The van der Waals surface area contributed by atoms with Gasteiger partial charge in [0, 0.05) is 12.1 Å². The van der Waals surface area contributed by atoms with Crippen molar-refractivity contribution < 1.29 is 19.1 Å². The molecule has 2 unspecified atom stereocenters. The Hall–Kier alpha value is -2.57. The normalized spacial score (nSPS) is 13.8. The molecule has 0 aliphatic rings. The van der Waals surface area contributed by atoms with Gasteiger partial charge >= 0.3 is 6.09 Å². The molecule has 3 amide bonds. The number of carbonyl (C=O) groups is 3. The molecule has 34 heavy (non-hydrogen) atoms. The molecule has 0 heterocycles. The first-order valence-electron chi connectivity index (χ1n) is 12.2. The highest BCUT2D eigenvalue weighted by Crippen LogP contribution is 2.27. The average Bonchev–Trinajstić information content (AvgIpc) is 2.61. The number of amides is 3. The molecule has 2 N–H and O–H groups in total. The second-order valence-electron chi connectivity index (χ2n) is 11.5. The highest BCUT2D eigenvalue weighted by molar-refractivity contribution is 5.92.